The minimum atomic E-state index is -0.0884. The summed E-state index contributed by atoms with van der Waals surface area (Å²) < 4.78 is 7.68. The van der Waals surface area contributed by atoms with Crippen molar-refractivity contribution < 1.29 is 9.53 Å². The largest absolute Gasteiger partial charge is 0.486 e. The Kier molecular flexibility index (Phi) is 7.47. The van der Waals surface area contributed by atoms with Gasteiger partial charge in [0.15, 0.2) is 11.0 Å². The predicted octanol–water partition coefficient (Wildman–Crippen LogP) is 4.34. The lowest BCUT2D eigenvalue weighted by atomic mass is 10.1. The third-order valence-corrected chi connectivity index (χ3v) is 5.16. The smallest absolute Gasteiger partial charge is 0.234 e. The summed E-state index contributed by atoms with van der Waals surface area (Å²) in [5.41, 5.74) is 2.03. The van der Waals surface area contributed by atoms with E-state index in [4.69, 9.17) is 4.74 Å². The fourth-order valence-electron chi connectivity index (χ4n) is 2.66. The van der Waals surface area contributed by atoms with E-state index in [1.165, 1.54) is 17.3 Å². The minimum Gasteiger partial charge on any atom is -0.486 e. The van der Waals surface area contributed by atoms with Gasteiger partial charge in [-0.05, 0) is 36.2 Å². The number of anilines is 1. The van der Waals surface area contributed by atoms with Crippen LogP contribution >= 0.6 is 11.8 Å². The fourth-order valence-corrected chi connectivity index (χ4v) is 3.43. The molecule has 0 unspecified atom stereocenters. The molecule has 3 rings (SSSR count). The van der Waals surface area contributed by atoms with E-state index in [9.17, 15) is 4.79 Å². The van der Waals surface area contributed by atoms with E-state index in [0.29, 0.717) is 24.1 Å². The van der Waals surface area contributed by atoms with Gasteiger partial charge in [0.25, 0.3) is 0 Å². The number of amides is 1. The van der Waals surface area contributed by atoms with Crippen LogP contribution < -0.4 is 10.1 Å². The number of thioether (sulfide) groups is 1. The first-order chi connectivity index (χ1) is 14.2. The van der Waals surface area contributed by atoms with Crippen LogP contribution in [0.25, 0.3) is 0 Å². The monoisotopic (exact) mass is 408 g/mol. The van der Waals surface area contributed by atoms with Gasteiger partial charge >= 0.3 is 0 Å². The zero-order valence-corrected chi connectivity index (χ0v) is 17.2. The third kappa shape index (κ3) is 5.96. The molecule has 0 saturated heterocycles. The Morgan fingerprint density at radius 2 is 1.93 bits per heavy atom. The van der Waals surface area contributed by atoms with Crippen LogP contribution in [-0.2, 0) is 24.4 Å². The van der Waals surface area contributed by atoms with Gasteiger partial charge in [0.2, 0.25) is 5.91 Å². The Balaban J connectivity index is 1.58. The van der Waals surface area contributed by atoms with Crippen molar-refractivity contribution >= 4 is 23.4 Å². The molecular weight excluding hydrogens is 384 g/mol. The average molecular weight is 409 g/mol. The maximum atomic E-state index is 12.3. The Morgan fingerprint density at radius 1 is 1.17 bits per heavy atom. The summed E-state index contributed by atoms with van der Waals surface area (Å²) in [6.45, 7) is 6.73. The molecule has 150 valence electrons. The topological polar surface area (TPSA) is 69.0 Å². The molecule has 0 radical (unpaired) electrons. The van der Waals surface area contributed by atoms with E-state index in [1.807, 2.05) is 59.2 Å². The van der Waals surface area contributed by atoms with Gasteiger partial charge in [0.1, 0.15) is 12.4 Å². The molecule has 0 fully saturated rings. The molecule has 0 aliphatic heterocycles. The number of ether oxygens (including phenoxy) is 1. The van der Waals surface area contributed by atoms with Crippen LogP contribution in [0.1, 0.15) is 18.3 Å². The average Bonchev–Trinajstić information content (AvgIpc) is 3.14. The summed E-state index contributed by atoms with van der Waals surface area (Å²) in [6.07, 6.45) is 2.74. The van der Waals surface area contributed by atoms with Gasteiger partial charge in [-0.1, -0.05) is 55.1 Å². The van der Waals surface area contributed by atoms with Gasteiger partial charge in [-0.3, -0.25) is 9.36 Å². The summed E-state index contributed by atoms with van der Waals surface area (Å²) >= 11 is 1.34. The summed E-state index contributed by atoms with van der Waals surface area (Å²) in [5, 5.41) is 12.0. The van der Waals surface area contributed by atoms with Crippen LogP contribution in [0.5, 0.6) is 5.75 Å². The van der Waals surface area contributed by atoms with Crippen molar-refractivity contribution in [2.75, 3.05) is 11.1 Å². The van der Waals surface area contributed by atoms with E-state index in [-0.39, 0.29) is 11.7 Å². The zero-order valence-electron chi connectivity index (χ0n) is 16.4. The molecule has 0 spiro atoms. The van der Waals surface area contributed by atoms with E-state index < -0.39 is 0 Å². The van der Waals surface area contributed by atoms with E-state index in [0.717, 1.165) is 17.9 Å². The normalized spacial score (nSPS) is 10.5. The lowest BCUT2D eigenvalue weighted by molar-refractivity contribution is -0.113. The zero-order chi connectivity index (χ0) is 20.5. The lowest BCUT2D eigenvalue weighted by Gasteiger charge is -2.09. The molecular formula is C22H24N4O2S. The maximum Gasteiger partial charge on any atom is 0.234 e. The molecule has 1 amide bonds. The molecule has 3 aromatic rings. The molecule has 0 saturated carbocycles. The van der Waals surface area contributed by atoms with Crippen molar-refractivity contribution in [3.63, 3.8) is 0 Å². The number of nitrogens with one attached hydrogen (secondary N) is 1. The number of allylic oxidation sites excluding steroid dienone is 1. The standard InChI is InChI=1S/C22H24N4O2S/c1-3-14-26-20(15-28-19-8-6-5-7-9-19)24-25-22(26)29-16-21(27)23-18-12-10-17(4-2)11-13-18/h3,5-13H,1,4,14-16H2,2H3,(H,23,27). The summed E-state index contributed by atoms with van der Waals surface area (Å²) in [6, 6.07) is 17.4. The van der Waals surface area contributed by atoms with E-state index in [2.05, 4.69) is 29.0 Å². The second-order valence-corrected chi connectivity index (χ2v) is 7.23. The molecule has 6 nitrogen and oxygen atoms in total. The summed E-state index contributed by atoms with van der Waals surface area (Å²) in [4.78, 5) is 12.3. The highest BCUT2D eigenvalue weighted by atomic mass is 32.2. The number of nitrogens with zero attached hydrogens (tertiary/aromatic N) is 3. The lowest BCUT2D eigenvalue weighted by Crippen LogP contribution is -2.15. The number of aromatic nitrogens is 3. The number of benzene rings is 2. The molecule has 0 aliphatic rings. The van der Waals surface area contributed by atoms with Crippen molar-refractivity contribution in [3.8, 4) is 5.75 Å². The SMILES string of the molecule is C=CCn1c(COc2ccccc2)nnc1SCC(=O)Nc1ccc(CC)cc1. The molecule has 1 aromatic heterocycles. The van der Waals surface area contributed by atoms with E-state index >= 15 is 0 Å². The van der Waals surface area contributed by atoms with Crippen LogP contribution in [0.15, 0.2) is 72.4 Å². The van der Waals surface area contributed by atoms with Crippen LogP contribution in [0.3, 0.4) is 0 Å². The van der Waals surface area contributed by atoms with Gasteiger partial charge in [-0.25, -0.2) is 0 Å². The molecule has 29 heavy (non-hydrogen) atoms. The number of rotatable bonds is 10. The van der Waals surface area contributed by atoms with Crippen molar-refractivity contribution in [2.24, 2.45) is 0 Å². The van der Waals surface area contributed by atoms with Crippen LogP contribution in [0.4, 0.5) is 5.69 Å². The summed E-state index contributed by atoms with van der Waals surface area (Å²) in [7, 11) is 0. The second-order valence-electron chi connectivity index (χ2n) is 6.29. The number of carbonyl (C=O) groups excluding carboxylic acids is 1. The van der Waals surface area contributed by atoms with Gasteiger partial charge in [-0.2, -0.15) is 0 Å². The molecule has 0 bridgehead atoms. The maximum absolute atomic E-state index is 12.3. The predicted molar refractivity (Wildman–Crippen MR) is 116 cm³/mol. The van der Waals surface area contributed by atoms with Crippen LogP contribution in [0.2, 0.25) is 0 Å². The van der Waals surface area contributed by atoms with Gasteiger partial charge in [0, 0.05) is 12.2 Å². The van der Waals surface area contributed by atoms with Crippen molar-refractivity contribution in [2.45, 2.75) is 31.7 Å². The summed E-state index contributed by atoms with van der Waals surface area (Å²) in [5.74, 6) is 1.61. The number of hydrogen-bond acceptors (Lipinski definition) is 5. The van der Waals surface area contributed by atoms with Crippen LogP contribution in [-0.4, -0.2) is 26.4 Å². The van der Waals surface area contributed by atoms with Gasteiger partial charge in [0.05, 0.1) is 5.75 Å². The van der Waals surface area contributed by atoms with Gasteiger partial charge < -0.3 is 10.1 Å². The number of carbonyl (C=O) groups is 1. The first-order valence-electron chi connectivity index (χ1n) is 9.42. The molecule has 1 N–H and O–H groups in total. The van der Waals surface area contributed by atoms with Gasteiger partial charge in [-0.15, -0.1) is 16.8 Å². The Hall–Kier alpha value is -3.06. The minimum absolute atomic E-state index is 0.0884. The van der Waals surface area contributed by atoms with Crippen molar-refractivity contribution in [3.05, 3.63) is 78.6 Å². The number of hydrogen-bond donors (Lipinski definition) is 1. The molecule has 2 aromatic carbocycles. The fraction of sp³-hybridized carbons (Fsp3) is 0.227. The first kappa shape index (κ1) is 20.7. The second kappa shape index (κ2) is 10.5. The molecule has 0 aliphatic carbocycles. The van der Waals surface area contributed by atoms with Crippen molar-refractivity contribution in [1.29, 1.82) is 0 Å². The first-order valence-corrected chi connectivity index (χ1v) is 10.4. The molecule has 1 heterocycles. The quantitative estimate of drug-likeness (QED) is 0.399. The Labute approximate surface area is 175 Å². The highest BCUT2D eigenvalue weighted by Gasteiger charge is 2.14. The van der Waals surface area contributed by atoms with Crippen LogP contribution in [0, 0.1) is 0 Å². The Bertz CT molecular complexity index is 939. The highest BCUT2D eigenvalue weighted by Crippen LogP contribution is 2.19. The Morgan fingerprint density at radius 3 is 2.62 bits per heavy atom. The van der Waals surface area contributed by atoms with Crippen molar-refractivity contribution in [1.82, 2.24) is 14.8 Å². The number of para-hydroxylation sites is 1. The number of aryl methyl sites for hydroxylation is 1. The highest BCUT2D eigenvalue weighted by molar-refractivity contribution is 7.99. The van der Waals surface area contributed by atoms with E-state index in [1.54, 1.807) is 6.08 Å². The third-order valence-electron chi connectivity index (χ3n) is 4.19. The molecule has 0 atom stereocenters. The molecule has 7 heteroatoms.